The molecule has 0 fully saturated rings. The summed E-state index contributed by atoms with van der Waals surface area (Å²) in [5, 5.41) is 238. The van der Waals surface area contributed by atoms with Gasteiger partial charge in [-0.25, -0.2) is 43.2 Å². The molecule has 0 saturated carbocycles. The van der Waals surface area contributed by atoms with E-state index in [0.717, 1.165) is 0 Å². The second-order valence-corrected chi connectivity index (χ2v) is 22.5. The fourth-order valence-corrected chi connectivity index (χ4v) is 9.48. The molecule has 0 amide bonds. The number of hydrogen-bond acceptors (Lipinski definition) is 42. The van der Waals surface area contributed by atoms with Crippen LogP contribution in [0.5, 0.6) is 155 Å². The molecule has 9 aromatic carbocycles. The van der Waals surface area contributed by atoms with Gasteiger partial charge in [-0.1, -0.05) is 0 Å². The molecule has 0 aliphatic heterocycles. The molecule has 0 aliphatic carbocycles. The van der Waals surface area contributed by atoms with E-state index in [2.05, 4.69) is 0 Å². The number of rotatable bonds is 23. The highest BCUT2D eigenvalue weighted by atomic mass is 16.6. The number of benzene rings is 9. The molecule has 9 rings (SSSR count). The van der Waals surface area contributed by atoms with E-state index < -0.39 is 296 Å². The normalized spacial score (nSPS) is 12.0. The lowest BCUT2D eigenvalue weighted by Crippen LogP contribution is -2.54. The molecule has 0 unspecified atom stereocenters. The summed E-state index contributed by atoms with van der Waals surface area (Å²) in [6.07, 6.45) is -13.4. The minimum atomic E-state index is -3.32. The van der Waals surface area contributed by atoms with E-state index in [1.807, 2.05) is 0 Å². The van der Waals surface area contributed by atoms with Gasteiger partial charge < -0.3 is 160 Å². The van der Waals surface area contributed by atoms with Crippen LogP contribution in [0, 0.1) is 0 Å². The van der Waals surface area contributed by atoms with Gasteiger partial charge in [0.25, 0.3) is 0 Å². The smallest absolute Gasteiger partial charge is 0.344 e. The van der Waals surface area contributed by atoms with Gasteiger partial charge in [0.1, 0.15) is 6.61 Å². The van der Waals surface area contributed by atoms with Crippen LogP contribution in [0.3, 0.4) is 0 Å². The molecule has 0 radical (unpaired) electrons. The highest BCUT2D eigenvalue weighted by Gasteiger charge is 2.47. The first-order valence-corrected chi connectivity index (χ1v) is 30.0. The van der Waals surface area contributed by atoms with Crippen LogP contribution in [0.25, 0.3) is 0 Å². The Bertz CT molecular complexity index is 5130. The van der Waals surface area contributed by atoms with Crippen LogP contribution in [0.2, 0.25) is 0 Å². The zero-order chi connectivity index (χ0) is 81.8. The highest BCUT2D eigenvalue weighted by Crippen LogP contribution is 2.47. The second kappa shape index (κ2) is 31.3. The van der Waals surface area contributed by atoms with E-state index in [9.17, 15) is 156 Å². The maximum Gasteiger partial charge on any atom is 0.344 e. The zero-order valence-corrected chi connectivity index (χ0v) is 54.5. The second-order valence-electron chi connectivity index (χ2n) is 22.5. The summed E-state index contributed by atoms with van der Waals surface area (Å²) in [4.78, 5) is 143. The largest absolute Gasteiger partial charge is 0.504 e. The Kier molecular flexibility index (Phi) is 22.1. The van der Waals surface area contributed by atoms with Crippen LogP contribution in [-0.4, -0.2) is 208 Å². The number of carbonyl (C=O) groups is 10. The Labute approximate surface area is 611 Å². The molecule has 0 bridgehead atoms. The molecule has 9 aromatic rings. The zero-order valence-electron chi connectivity index (χ0n) is 54.5. The Balaban J connectivity index is 1.28. The molecule has 23 N–H and O–H groups in total. The van der Waals surface area contributed by atoms with E-state index in [0.29, 0.717) is 91.0 Å². The summed E-state index contributed by atoms with van der Waals surface area (Å²) >= 11 is 0. The number of aromatic hydroxyl groups is 23. The van der Waals surface area contributed by atoms with Crippen LogP contribution in [-0.2, 0) is 28.5 Å². The average Bonchev–Trinajstić information content (AvgIpc) is 0.785. The van der Waals surface area contributed by atoms with Crippen molar-refractivity contribution in [1.29, 1.82) is 0 Å². The quantitative estimate of drug-likeness (QED) is 0.0141. The topological polar surface area (TPSA) is 719 Å². The fraction of sp³-hybridized carbons (Fsp3) is 0.0725. The number of carbonyl (C=O) groups excluding carboxylic acids is 10. The monoisotopic (exact) mass is 1550 g/mol. The number of phenolic OH excluding ortho intramolecular Hbond substituents is 23. The van der Waals surface area contributed by atoms with Gasteiger partial charge in [0, 0.05) is 0 Å². The molecular formula is C69H48O42. The van der Waals surface area contributed by atoms with E-state index in [1.54, 1.807) is 0 Å². The van der Waals surface area contributed by atoms with Gasteiger partial charge in [-0.2, -0.15) is 0 Å². The van der Waals surface area contributed by atoms with Gasteiger partial charge >= 0.3 is 53.7 Å². The van der Waals surface area contributed by atoms with Crippen LogP contribution in [0.4, 0.5) is 0 Å². The van der Waals surface area contributed by atoms with Gasteiger partial charge in [0.05, 0.1) is 50.1 Å². The summed E-state index contributed by atoms with van der Waals surface area (Å²) in [7, 11) is 0. The molecule has 0 saturated heterocycles. The fourth-order valence-electron chi connectivity index (χ4n) is 9.48. The molecule has 576 valence electrons. The third kappa shape index (κ3) is 16.9. The van der Waals surface area contributed by atoms with Crippen molar-refractivity contribution in [2.45, 2.75) is 24.4 Å². The number of phenols is 23. The average molecular weight is 1550 g/mol. The minimum absolute atomic E-state index is 0.239. The lowest BCUT2D eigenvalue weighted by Gasteiger charge is -2.34. The molecule has 42 nitrogen and oxygen atoms in total. The van der Waals surface area contributed by atoms with E-state index >= 15 is 9.59 Å². The third-order valence-corrected chi connectivity index (χ3v) is 15.0. The molecule has 0 heterocycles. The van der Waals surface area contributed by atoms with Gasteiger partial charge in [-0.3, -0.25) is 4.79 Å². The lowest BCUT2D eigenvalue weighted by atomic mass is 10.0. The number of aldehydes is 1. The highest BCUT2D eigenvalue weighted by molar-refractivity contribution is 6.01. The molecule has 42 heteroatoms. The van der Waals surface area contributed by atoms with Crippen molar-refractivity contribution >= 4 is 60.0 Å². The van der Waals surface area contributed by atoms with Crippen molar-refractivity contribution in [3.05, 3.63) is 159 Å². The first-order chi connectivity index (χ1) is 52.1. The molecule has 0 aromatic heterocycles. The maximum atomic E-state index is 15.3. The predicted octanol–water partition coefficient (Wildman–Crippen LogP) is 4.05. The van der Waals surface area contributed by atoms with Crippen LogP contribution in [0.1, 0.15) is 93.2 Å². The summed E-state index contributed by atoms with van der Waals surface area (Å²) in [5.74, 6) is -52.4. The van der Waals surface area contributed by atoms with Crippen molar-refractivity contribution in [3.63, 3.8) is 0 Å². The summed E-state index contributed by atoms with van der Waals surface area (Å²) < 4.78 is 49.0. The van der Waals surface area contributed by atoms with Crippen molar-refractivity contribution in [1.82, 2.24) is 0 Å². The Morgan fingerprint density at radius 3 is 0.766 bits per heavy atom. The van der Waals surface area contributed by atoms with E-state index in [1.165, 1.54) is 0 Å². The van der Waals surface area contributed by atoms with Gasteiger partial charge in [0.2, 0.25) is 11.5 Å². The van der Waals surface area contributed by atoms with E-state index in [4.69, 9.17) is 42.6 Å². The molecule has 0 aliphatic rings. The standard InChI is InChI=1S/C69H48O42/c70-19-48(107-66(99)29-17-46(105-63(96)23-5-34(75)52(88)35(76)6-23)58(109-67(100)26-11-40(81)55(91)41(82)12-26)47(18-29)106-64(97)24-7-36(77)53(89)37(78)8-24)59(110-69(102)28-15-44(85)57(93)45(16-28)104-62(95)22-3-32(73)51(87)33(74)4-22)60(111-68(101)27-13-42(83)56(92)43(84)14-27)49(108-65(98)25-9-38(79)54(90)39(80)10-25)20-103-61(94)21-1-30(71)50(86)31(72)2-21/h1-19,48-49,59-60,71-93H,20H2/t48-,49+,59+,60+/m0/s1. The minimum Gasteiger partial charge on any atom is -0.504 e. The van der Waals surface area contributed by atoms with Crippen molar-refractivity contribution in [3.8, 4) is 155 Å². The molecule has 0 spiro atoms. The van der Waals surface area contributed by atoms with Crippen molar-refractivity contribution in [2.75, 3.05) is 6.61 Å². The van der Waals surface area contributed by atoms with Gasteiger partial charge in [-0.05, 0) is 109 Å². The molecule has 111 heavy (non-hydrogen) atoms. The number of ether oxygens (including phenoxy) is 9. The summed E-state index contributed by atoms with van der Waals surface area (Å²) in [6, 6.07) is 6.74. The maximum absolute atomic E-state index is 15.3. The summed E-state index contributed by atoms with van der Waals surface area (Å²) in [5.41, 5.74) is -9.55. The number of hydrogen-bond donors (Lipinski definition) is 23. The van der Waals surface area contributed by atoms with E-state index in [-0.39, 0.29) is 18.2 Å². The van der Waals surface area contributed by atoms with Crippen LogP contribution in [0.15, 0.2) is 109 Å². The number of esters is 9. The van der Waals surface area contributed by atoms with Crippen molar-refractivity contribution < 1.29 is 208 Å². The first kappa shape index (κ1) is 78.4. The third-order valence-electron chi connectivity index (χ3n) is 15.0. The Morgan fingerprint density at radius 1 is 0.243 bits per heavy atom. The Hall–Kier alpha value is -16.7. The van der Waals surface area contributed by atoms with Crippen LogP contribution < -0.4 is 18.9 Å². The van der Waals surface area contributed by atoms with Crippen LogP contribution >= 0.6 is 0 Å². The van der Waals surface area contributed by atoms with Gasteiger partial charge in [-0.15, -0.1) is 0 Å². The Morgan fingerprint density at radius 2 is 0.459 bits per heavy atom. The SMILES string of the molecule is O=C[C@H](OC(=O)c1cc(OC(=O)c2cc(O)c(O)c(O)c2)c(OC(=O)c2cc(O)c(O)c(O)c2)c(OC(=O)c2cc(O)c(O)c(O)c2)c1)[C@@H](OC(=O)c1cc(O)c(O)c(OC(=O)c2cc(O)c(O)c(O)c2)c1)[C@H](OC(=O)c1cc(O)c(O)c(O)c1)[C@@H](COC(=O)c1cc(O)c(O)c(O)c1)OC(=O)c1cc(O)c(O)c(O)c1. The molecular weight excluding hydrogens is 1500 g/mol. The van der Waals surface area contributed by atoms with Gasteiger partial charge in [0.15, 0.2) is 174 Å². The van der Waals surface area contributed by atoms with Crippen molar-refractivity contribution in [2.24, 2.45) is 0 Å². The predicted molar refractivity (Wildman–Crippen MR) is 349 cm³/mol. The first-order valence-electron chi connectivity index (χ1n) is 30.0. The molecule has 4 atom stereocenters. The lowest BCUT2D eigenvalue weighted by molar-refractivity contribution is -0.143. The summed E-state index contributed by atoms with van der Waals surface area (Å²) in [6.45, 7) is -1.80.